The summed E-state index contributed by atoms with van der Waals surface area (Å²) in [5, 5.41) is 4.67. The number of ether oxygens (including phenoxy) is 3. The molecule has 3 rings (SSSR count). The van der Waals surface area contributed by atoms with Gasteiger partial charge in [-0.15, -0.1) is 0 Å². The number of hydrogen-bond donors (Lipinski definition) is 0. The molecule has 174 valence electrons. The molecular weight excluding hydrogens is 422 g/mol. The summed E-state index contributed by atoms with van der Waals surface area (Å²) in [6.45, 7) is 6.62. The van der Waals surface area contributed by atoms with Gasteiger partial charge in [-0.2, -0.15) is 5.10 Å². The number of nitrogens with zero attached hydrogens (tertiary/aromatic N) is 3. The fourth-order valence-electron chi connectivity index (χ4n) is 3.69. The molecule has 0 unspecified atom stereocenters. The number of rotatable bonds is 9. The molecule has 0 aliphatic heterocycles. The highest BCUT2D eigenvalue weighted by atomic mass is 16.5. The van der Waals surface area contributed by atoms with Gasteiger partial charge in [0.25, 0.3) is 0 Å². The normalized spacial score (nSPS) is 10.8. The summed E-state index contributed by atoms with van der Waals surface area (Å²) < 4.78 is 17.0. The monoisotopic (exact) mass is 451 g/mol. The average Bonchev–Trinajstić information content (AvgIpc) is 3.27. The van der Waals surface area contributed by atoms with Crippen LogP contribution < -0.4 is 4.74 Å². The standard InChI is InChI=1S/C25H29N3O5/c1-6-27(7-2)16-18-15-17(13-14-20(18)31-3)22-21(24(29)32-4)23(25(30)33-5)28(26-22)19-11-9-8-10-12-19/h8-15H,6-7,16H2,1-5H3. The van der Waals surface area contributed by atoms with Crippen molar-refractivity contribution in [2.45, 2.75) is 20.4 Å². The van der Waals surface area contributed by atoms with Gasteiger partial charge >= 0.3 is 11.9 Å². The zero-order valence-electron chi connectivity index (χ0n) is 19.6. The van der Waals surface area contributed by atoms with E-state index >= 15 is 0 Å². The summed E-state index contributed by atoms with van der Waals surface area (Å²) in [7, 11) is 4.16. The second-order valence-electron chi connectivity index (χ2n) is 7.29. The molecule has 0 spiro atoms. The van der Waals surface area contributed by atoms with Crippen LogP contribution in [0.5, 0.6) is 5.75 Å². The van der Waals surface area contributed by atoms with Gasteiger partial charge in [-0.25, -0.2) is 14.3 Å². The Morgan fingerprint density at radius 3 is 2.18 bits per heavy atom. The summed E-state index contributed by atoms with van der Waals surface area (Å²) in [6.07, 6.45) is 0. The number of aromatic nitrogens is 2. The Hall–Kier alpha value is -3.65. The molecule has 0 N–H and O–H groups in total. The van der Waals surface area contributed by atoms with Crippen LogP contribution in [0.3, 0.4) is 0 Å². The first-order valence-corrected chi connectivity index (χ1v) is 10.7. The lowest BCUT2D eigenvalue weighted by Gasteiger charge is -2.20. The first-order chi connectivity index (χ1) is 16.0. The lowest BCUT2D eigenvalue weighted by molar-refractivity contribution is 0.0549. The summed E-state index contributed by atoms with van der Waals surface area (Å²) >= 11 is 0. The van der Waals surface area contributed by atoms with E-state index in [4.69, 9.17) is 14.2 Å². The minimum atomic E-state index is -0.685. The Kier molecular flexibility index (Phi) is 7.84. The number of hydrogen-bond acceptors (Lipinski definition) is 7. The van der Waals surface area contributed by atoms with Gasteiger partial charge in [-0.3, -0.25) is 4.90 Å². The van der Waals surface area contributed by atoms with Gasteiger partial charge in [0.2, 0.25) is 0 Å². The van der Waals surface area contributed by atoms with E-state index in [9.17, 15) is 9.59 Å². The van der Waals surface area contributed by atoms with Gasteiger partial charge in [-0.1, -0.05) is 32.0 Å². The van der Waals surface area contributed by atoms with E-state index in [1.807, 2.05) is 36.4 Å². The summed E-state index contributed by atoms with van der Waals surface area (Å²) in [5.74, 6) is -0.621. The Labute approximate surface area is 193 Å². The maximum absolute atomic E-state index is 12.9. The minimum absolute atomic E-state index is 0.00617. The van der Waals surface area contributed by atoms with Crippen molar-refractivity contribution >= 4 is 11.9 Å². The van der Waals surface area contributed by atoms with Crippen molar-refractivity contribution < 1.29 is 23.8 Å². The number of carbonyl (C=O) groups is 2. The van der Waals surface area contributed by atoms with Crippen LogP contribution in [0.4, 0.5) is 0 Å². The van der Waals surface area contributed by atoms with E-state index in [1.165, 1.54) is 18.9 Å². The minimum Gasteiger partial charge on any atom is -0.496 e. The smallest absolute Gasteiger partial charge is 0.357 e. The fourth-order valence-corrected chi connectivity index (χ4v) is 3.69. The van der Waals surface area contributed by atoms with Crippen LogP contribution in [0.2, 0.25) is 0 Å². The van der Waals surface area contributed by atoms with Gasteiger partial charge in [0.05, 0.1) is 27.0 Å². The quantitative estimate of drug-likeness (QED) is 0.455. The van der Waals surface area contributed by atoms with Crippen molar-refractivity contribution in [2.75, 3.05) is 34.4 Å². The topological polar surface area (TPSA) is 82.9 Å². The fraction of sp³-hybridized carbons (Fsp3) is 0.320. The Morgan fingerprint density at radius 2 is 1.61 bits per heavy atom. The molecule has 33 heavy (non-hydrogen) atoms. The van der Waals surface area contributed by atoms with Crippen LogP contribution in [0.15, 0.2) is 48.5 Å². The van der Waals surface area contributed by atoms with Crippen molar-refractivity contribution in [1.29, 1.82) is 0 Å². The lowest BCUT2D eigenvalue weighted by Crippen LogP contribution is -2.22. The molecule has 1 aromatic heterocycles. The van der Waals surface area contributed by atoms with Crippen molar-refractivity contribution in [3.05, 3.63) is 65.4 Å². The van der Waals surface area contributed by atoms with E-state index < -0.39 is 11.9 Å². The molecule has 3 aromatic rings. The number of esters is 2. The van der Waals surface area contributed by atoms with Gasteiger partial charge in [0.1, 0.15) is 17.0 Å². The lowest BCUT2D eigenvalue weighted by atomic mass is 10.0. The summed E-state index contributed by atoms with van der Waals surface area (Å²) in [5.41, 5.74) is 2.61. The van der Waals surface area contributed by atoms with Crippen molar-refractivity contribution in [3.8, 4) is 22.7 Å². The Bertz CT molecular complexity index is 1120. The van der Waals surface area contributed by atoms with Crippen LogP contribution in [0.1, 0.15) is 40.3 Å². The second-order valence-corrected chi connectivity index (χ2v) is 7.29. The third kappa shape index (κ3) is 4.90. The van der Waals surface area contributed by atoms with E-state index in [0.717, 1.165) is 24.4 Å². The van der Waals surface area contributed by atoms with Gasteiger partial charge in [-0.05, 0) is 43.4 Å². The zero-order valence-corrected chi connectivity index (χ0v) is 19.6. The van der Waals surface area contributed by atoms with Crippen LogP contribution in [-0.2, 0) is 16.0 Å². The van der Waals surface area contributed by atoms with Gasteiger partial charge in [0, 0.05) is 17.7 Å². The average molecular weight is 452 g/mol. The number of benzene rings is 2. The maximum Gasteiger partial charge on any atom is 0.357 e. The third-order valence-corrected chi connectivity index (χ3v) is 5.50. The molecule has 0 fully saturated rings. The maximum atomic E-state index is 12.9. The molecule has 0 aliphatic carbocycles. The van der Waals surface area contributed by atoms with Crippen LogP contribution in [-0.4, -0.2) is 61.0 Å². The molecule has 0 atom stereocenters. The first-order valence-electron chi connectivity index (χ1n) is 10.7. The van der Waals surface area contributed by atoms with Crippen LogP contribution in [0, 0.1) is 0 Å². The molecule has 0 bridgehead atoms. The van der Waals surface area contributed by atoms with Gasteiger partial charge < -0.3 is 14.2 Å². The van der Waals surface area contributed by atoms with E-state index in [1.54, 1.807) is 19.2 Å². The van der Waals surface area contributed by atoms with E-state index in [0.29, 0.717) is 23.5 Å². The zero-order chi connectivity index (χ0) is 24.0. The summed E-state index contributed by atoms with van der Waals surface area (Å²) in [4.78, 5) is 27.9. The van der Waals surface area contributed by atoms with Crippen LogP contribution >= 0.6 is 0 Å². The van der Waals surface area contributed by atoms with Gasteiger partial charge in [0.15, 0.2) is 5.69 Å². The SMILES string of the molecule is CCN(CC)Cc1cc(-c2nn(-c3ccccc3)c(C(=O)OC)c2C(=O)OC)ccc1OC. The molecule has 1 heterocycles. The van der Waals surface area contributed by atoms with Crippen LogP contribution in [0.25, 0.3) is 16.9 Å². The van der Waals surface area contributed by atoms with Crippen molar-refractivity contribution in [2.24, 2.45) is 0 Å². The molecule has 0 radical (unpaired) electrons. The number of carbonyl (C=O) groups excluding carboxylic acids is 2. The molecule has 2 aromatic carbocycles. The molecule has 0 amide bonds. The summed E-state index contributed by atoms with van der Waals surface area (Å²) in [6, 6.07) is 14.7. The number of methoxy groups -OCH3 is 3. The molecule has 0 saturated heterocycles. The highest BCUT2D eigenvalue weighted by Gasteiger charge is 2.31. The van der Waals surface area contributed by atoms with Crippen molar-refractivity contribution in [1.82, 2.24) is 14.7 Å². The third-order valence-electron chi connectivity index (χ3n) is 5.50. The Balaban J connectivity index is 2.27. The predicted molar refractivity (Wildman–Crippen MR) is 125 cm³/mol. The molecule has 0 aliphatic rings. The molecular formula is C25H29N3O5. The van der Waals surface area contributed by atoms with E-state index in [2.05, 4.69) is 23.8 Å². The number of para-hydroxylation sites is 1. The molecule has 0 saturated carbocycles. The van der Waals surface area contributed by atoms with E-state index in [-0.39, 0.29) is 11.3 Å². The highest BCUT2D eigenvalue weighted by Crippen LogP contribution is 2.32. The molecule has 8 heteroatoms. The second kappa shape index (κ2) is 10.8. The van der Waals surface area contributed by atoms with Crippen molar-refractivity contribution in [3.63, 3.8) is 0 Å². The largest absolute Gasteiger partial charge is 0.496 e. The Morgan fingerprint density at radius 1 is 0.939 bits per heavy atom. The highest BCUT2D eigenvalue weighted by molar-refractivity contribution is 6.06. The molecule has 8 nitrogen and oxygen atoms in total. The predicted octanol–water partition coefficient (Wildman–Crippen LogP) is 3.96. The first kappa shape index (κ1) is 24.0.